The third kappa shape index (κ3) is 6.71. The van der Waals surface area contributed by atoms with Crippen molar-refractivity contribution in [3.05, 3.63) is 18.7 Å². The molecule has 0 aliphatic carbocycles. The van der Waals surface area contributed by atoms with Crippen molar-refractivity contribution >= 4 is 12.1 Å². The van der Waals surface area contributed by atoms with Crippen LogP contribution in [-0.4, -0.2) is 22.2 Å². The number of carboxylic acids is 1. The molecule has 0 radical (unpaired) electrons. The Morgan fingerprint density at radius 1 is 1.22 bits per heavy atom. The van der Waals surface area contributed by atoms with Crippen molar-refractivity contribution in [2.75, 3.05) is 0 Å². The Morgan fingerprint density at radius 3 is 2.39 bits per heavy atom. The fourth-order valence-electron chi connectivity index (χ4n) is 2.74. The van der Waals surface area contributed by atoms with Gasteiger partial charge in [0.25, 0.3) is 6.16 Å². The highest BCUT2D eigenvalue weighted by Crippen LogP contribution is 2.25. The second-order valence-electron chi connectivity index (χ2n) is 5.76. The lowest BCUT2D eigenvalue weighted by Crippen LogP contribution is -2.60. The summed E-state index contributed by atoms with van der Waals surface area (Å²) in [4.78, 5) is 24.9. The fourth-order valence-corrected chi connectivity index (χ4v) is 2.74. The zero-order chi connectivity index (χ0) is 17.1. The van der Waals surface area contributed by atoms with Crippen molar-refractivity contribution < 1.29 is 29.1 Å². The maximum absolute atomic E-state index is 11.2. The first kappa shape index (κ1) is 19.0. The third-order valence-electron chi connectivity index (χ3n) is 3.89. The first-order chi connectivity index (χ1) is 11.0. The van der Waals surface area contributed by atoms with Crippen LogP contribution in [0.4, 0.5) is 4.79 Å². The van der Waals surface area contributed by atoms with Crippen LogP contribution in [0.15, 0.2) is 18.7 Å². The Labute approximate surface area is 136 Å². The molecule has 1 atom stereocenters. The Morgan fingerprint density at radius 2 is 1.87 bits per heavy atom. The number of unbranched alkanes of at least 4 members (excludes halogenated alkanes) is 6. The Balaban J connectivity index is 2.66. The number of ether oxygens (including phenoxy) is 1. The van der Waals surface area contributed by atoms with Gasteiger partial charge in [0.1, 0.15) is 18.8 Å². The second-order valence-corrected chi connectivity index (χ2v) is 5.76. The van der Waals surface area contributed by atoms with E-state index < -0.39 is 24.3 Å². The zero-order valence-corrected chi connectivity index (χ0v) is 13.6. The van der Waals surface area contributed by atoms with E-state index in [9.17, 15) is 14.7 Å². The molecule has 7 nitrogen and oxygen atoms in total. The van der Waals surface area contributed by atoms with Gasteiger partial charge in [-0.2, -0.15) is 0 Å². The van der Waals surface area contributed by atoms with Crippen LogP contribution in [0.25, 0.3) is 0 Å². The smallest absolute Gasteiger partial charge is 0.309 e. The number of carbonyl (C=O) groups excluding carboxylic acids is 1. The molecule has 0 aromatic carbocycles. The monoisotopic (exact) mass is 326 g/mol. The van der Waals surface area contributed by atoms with Crippen LogP contribution >= 0.6 is 0 Å². The van der Waals surface area contributed by atoms with E-state index in [0.717, 1.165) is 19.3 Å². The number of aromatic nitrogens is 2. The molecular formula is C16H26N2O5. The summed E-state index contributed by atoms with van der Waals surface area (Å²) in [6.45, 7) is 2.16. The number of carboxylic acid groups (broad SMARTS) is 2. The van der Waals surface area contributed by atoms with Gasteiger partial charge in [0, 0.05) is 6.42 Å². The minimum atomic E-state index is -1.72. The van der Waals surface area contributed by atoms with E-state index in [1.54, 1.807) is 12.4 Å². The lowest BCUT2D eigenvalue weighted by molar-refractivity contribution is -0.805. The molecule has 0 aliphatic heterocycles. The Hall–Kier alpha value is -2.05. The summed E-state index contributed by atoms with van der Waals surface area (Å²) in [5.41, 5.74) is -1.46. The van der Waals surface area contributed by atoms with Crippen LogP contribution in [0.3, 0.4) is 0 Å². The van der Waals surface area contributed by atoms with Crippen molar-refractivity contribution in [2.24, 2.45) is 0 Å². The van der Waals surface area contributed by atoms with Crippen LogP contribution in [0, 0.1) is 0 Å². The summed E-state index contributed by atoms with van der Waals surface area (Å²) in [6.07, 6.45) is 10.1. The average molecular weight is 326 g/mol. The van der Waals surface area contributed by atoms with Gasteiger partial charge in [-0.3, -0.25) is 9.78 Å². The number of carbonyl (C=O) groups is 2. The first-order valence-corrected chi connectivity index (χ1v) is 8.16. The maximum Gasteiger partial charge on any atom is 0.309 e. The number of nitrogens with zero attached hydrogens (tertiary/aromatic N) is 1. The van der Waals surface area contributed by atoms with Crippen molar-refractivity contribution in [1.82, 2.24) is 4.98 Å². The summed E-state index contributed by atoms with van der Waals surface area (Å²) in [7, 11) is 0. The number of aliphatic carboxylic acids is 1. The number of rotatable bonds is 12. The molecule has 0 aliphatic rings. The summed E-state index contributed by atoms with van der Waals surface area (Å²) in [6, 6.07) is 0. The molecule has 1 unspecified atom stereocenters. The Kier molecular flexibility index (Phi) is 8.15. The molecule has 0 saturated carbocycles. The highest BCUT2D eigenvalue weighted by atomic mass is 16.7. The molecule has 0 bridgehead atoms. The van der Waals surface area contributed by atoms with Crippen LogP contribution in [0.5, 0.6) is 0 Å². The van der Waals surface area contributed by atoms with Crippen molar-refractivity contribution in [3.63, 3.8) is 0 Å². The van der Waals surface area contributed by atoms with Crippen LogP contribution in [0.2, 0.25) is 0 Å². The molecule has 0 fully saturated rings. The fraction of sp³-hybridized carbons (Fsp3) is 0.688. The molecule has 2 N–H and O–H groups in total. The predicted molar refractivity (Wildman–Crippen MR) is 80.3 cm³/mol. The van der Waals surface area contributed by atoms with E-state index in [2.05, 4.69) is 11.9 Å². The molecule has 0 saturated heterocycles. The molecule has 0 amide bonds. The van der Waals surface area contributed by atoms with Gasteiger partial charge in [-0.1, -0.05) is 45.4 Å². The van der Waals surface area contributed by atoms with Gasteiger partial charge in [0.2, 0.25) is 12.1 Å². The van der Waals surface area contributed by atoms with Gasteiger partial charge in [0.05, 0.1) is 0 Å². The molecule has 130 valence electrons. The number of H-pyrrole nitrogens is 1. The molecule has 0 spiro atoms. The minimum Gasteiger partial charge on any atom is -0.505 e. The Bertz CT molecular complexity index is 457. The van der Waals surface area contributed by atoms with E-state index in [4.69, 9.17) is 9.84 Å². The molecule has 1 aromatic heterocycles. The summed E-state index contributed by atoms with van der Waals surface area (Å²) >= 11 is 0. The normalized spacial score (nSPS) is 13.4. The molecule has 1 heterocycles. The van der Waals surface area contributed by atoms with Crippen LogP contribution in [0.1, 0.15) is 64.7 Å². The van der Waals surface area contributed by atoms with Gasteiger partial charge >= 0.3 is 5.97 Å². The van der Waals surface area contributed by atoms with Gasteiger partial charge in [-0.15, -0.1) is 0 Å². The molecule has 1 aromatic rings. The molecule has 7 heteroatoms. The van der Waals surface area contributed by atoms with Gasteiger partial charge in [0.15, 0.2) is 0 Å². The summed E-state index contributed by atoms with van der Waals surface area (Å²) in [5.74, 6) is -1.12. The number of nitrogens with one attached hydrogen (secondary N) is 1. The topological polar surface area (TPSA) is 106 Å². The molecule has 1 rings (SSSR count). The number of hydrogen-bond acceptors (Lipinski definition) is 4. The van der Waals surface area contributed by atoms with Gasteiger partial charge in [-0.05, 0) is 6.42 Å². The second kappa shape index (κ2) is 9.86. The zero-order valence-electron chi connectivity index (χ0n) is 13.6. The summed E-state index contributed by atoms with van der Waals surface area (Å²) in [5, 5.41) is 20.1. The predicted octanol–water partition coefficient (Wildman–Crippen LogP) is 1.93. The SMILES string of the molecule is CCCCCCCCCC(CC(=O)O)(OC(=O)[O-])[n+]1cc[nH]c1. The van der Waals surface area contributed by atoms with E-state index >= 15 is 0 Å². The van der Waals surface area contributed by atoms with Crippen LogP contribution < -0.4 is 9.67 Å². The van der Waals surface area contributed by atoms with E-state index in [1.807, 2.05) is 0 Å². The first-order valence-electron chi connectivity index (χ1n) is 8.16. The maximum atomic E-state index is 11.2. The van der Waals surface area contributed by atoms with Crippen LogP contribution in [-0.2, 0) is 15.3 Å². The quantitative estimate of drug-likeness (QED) is 0.347. The van der Waals surface area contributed by atoms with Crippen molar-refractivity contribution in [1.29, 1.82) is 0 Å². The van der Waals surface area contributed by atoms with Gasteiger partial charge in [-0.25, -0.2) is 4.57 Å². The summed E-state index contributed by atoms with van der Waals surface area (Å²) < 4.78 is 6.36. The van der Waals surface area contributed by atoms with E-state index in [1.165, 1.54) is 30.2 Å². The highest BCUT2D eigenvalue weighted by molar-refractivity contribution is 5.68. The van der Waals surface area contributed by atoms with Crippen molar-refractivity contribution in [3.8, 4) is 0 Å². The largest absolute Gasteiger partial charge is 0.505 e. The molecular weight excluding hydrogens is 300 g/mol. The van der Waals surface area contributed by atoms with Crippen molar-refractivity contribution in [2.45, 2.75) is 70.4 Å². The lowest BCUT2D eigenvalue weighted by atomic mass is 9.99. The van der Waals surface area contributed by atoms with E-state index in [-0.39, 0.29) is 0 Å². The average Bonchev–Trinajstić information content (AvgIpc) is 2.99. The highest BCUT2D eigenvalue weighted by Gasteiger charge is 2.38. The number of hydrogen-bond donors (Lipinski definition) is 2. The van der Waals surface area contributed by atoms with Gasteiger partial charge < -0.3 is 19.7 Å². The number of aromatic amines is 1. The minimum absolute atomic E-state index is 0.295. The number of imidazole rings is 1. The lowest BCUT2D eigenvalue weighted by Gasteiger charge is -2.33. The third-order valence-corrected chi connectivity index (χ3v) is 3.89. The molecule has 23 heavy (non-hydrogen) atoms. The standard InChI is InChI=1S/C16H26N2O5/c1-2-3-4-5-6-7-8-9-16(12-14(19)20,23-15(21)22)18-11-10-17-13-18/h10-11,13H,2-9,12H2,1H3,(H2,19,20,21,22). The van der Waals surface area contributed by atoms with E-state index in [0.29, 0.717) is 12.8 Å².